The van der Waals surface area contributed by atoms with E-state index in [0.717, 1.165) is 22.3 Å². The van der Waals surface area contributed by atoms with Gasteiger partial charge < -0.3 is 15.0 Å². The Labute approximate surface area is 174 Å². The molecule has 0 bridgehead atoms. The standard InChI is InChI=1S/C24H32N2O3/c1-6-21(24(28)25-5)26(13-12-20-10-8-7-9-11-20)23(27)16-29-22-15-17(2)14-18(3)19(22)4/h7-11,14-15,21H,6,12-13,16H2,1-5H3,(H,25,28)/t21-/m0/s1. The maximum atomic E-state index is 13.1. The molecule has 0 spiro atoms. The van der Waals surface area contributed by atoms with Crippen LogP contribution >= 0.6 is 0 Å². The molecule has 0 unspecified atom stereocenters. The molecule has 0 heterocycles. The van der Waals surface area contributed by atoms with Crippen molar-refractivity contribution in [3.8, 4) is 5.75 Å². The van der Waals surface area contributed by atoms with Gasteiger partial charge in [0.1, 0.15) is 11.8 Å². The van der Waals surface area contributed by atoms with Crippen molar-refractivity contribution in [2.24, 2.45) is 0 Å². The monoisotopic (exact) mass is 396 g/mol. The number of ether oxygens (including phenoxy) is 1. The van der Waals surface area contributed by atoms with Crippen LogP contribution in [0, 0.1) is 20.8 Å². The van der Waals surface area contributed by atoms with Crippen LogP contribution in [-0.4, -0.2) is 43.0 Å². The van der Waals surface area contributed by atoms with Gasteiger partial charge in [-0.3, -0.25) is 9.59 Å². The number of carbonyl (C=O) groups excluding carboxylic acids is 2. The molecule has 0 saturated heterocycles. The number of hydrogen-bond donors (Lipinski definition) is 1. The minimum Gasteiger partial charge on any atom is -0.483 e. The van der Waals surface area contributed by atoms with Crippen molar-refractivity contribution in [2.45, 2.75) is 46.6 Å². The summed E-state index contributed by atoms with van der Waals surface area (Å²) in [5.41, 5.74) is 4.37. The summed E-state index contributed by atoms with van der Waals surface area (Å²) in [6, 6.07) is 13.5. The van der Waals surface area contributed by atoms with Crippen LogP contribution in [-0.2, 0) is 16.0 Å². The molecule has 2 rings (SSSR count). The summed E-state index contributed by atoms with van der Waals surface area (Å²) in [6.07, 6.45) is 1.23. The lowest BCUT2D eigenvalue weighted by atomic mass is 10.1. The van der Waals surface area contributed by atoms with E-state index in [1.54, 1.807) is 11.9 Å². The number of likely N-dealkylation sites (N-methyl/N-ethyl adjacent to an activating group) is 1. The van der Waals surface area contributed by atoms with Crippen molar-refractivity contribution in [3.05, 3.63) is 64.7 Å². The Balaban J connectivity index is 2.15. The number of hydrogen-bond acceptors (Lipinski definition) is 3. The number of benzene rings is 2. The highest BCUT2D eigenvalue weighted by atomic mass is 16.5. The van der Waals surface area contributed by atoms with Gasteiger partial charge in [0.25, 0.3) is 5.91 Å². The molecule has 1 atom stereocenters. The summed E-state index contributed by atoms with van der Waals surface area (Å²) in [5.74, 6) is 0.373. The van der Waals surface area contributed by atoms with Gasteiger partial charge in [-0.1, -0.05) is 43.3 Å². The molecule has 0 aliphatic rings. The molecule has 1 N–H and O–H groups in total. The largest absolute Gasteiger partial charge is 0.483 e. The second-order valence-electron chi connectivity index (χ2n) is 7.35. The smallest absolute Gasteiger partial charge is 0.261 e. The molecule has 29 heavy (non-hydrogen) atoms. The van der Waals surface area contributed by atoms with E-state index in [1.807, 2.05) is 64.1 Å². The van der Waals surface area contributed by atoms with E-state index < -0.39 is 6.04 Å². The van der Waals surface area contributed by atoms with Gasteiger partial charge >= 0.3 is 0 Å². The van der Waals surface area contributed by atoms with Crippen LogP contribution in [0.25, 0.3) is 0 Å². The number of aryl methyl sites for hydroxylation is 2. The first-order chi connectivity index (χ1) is 13.9. The molecule has 0 saturated carbocycles. The number of nitrogens with one attached hydrogen (secondary N) is 1. The first kappa shape index (κ1) is 22.5. The molecule has 2 aromatic rings. The van der Waals surface area contributed by atoms with Crippen molar-refractivity contribution in [2.75, 3.05) is 20.2 Å². The maximum absolute atomic E-state index is 13.1. The molecule has 0 aromatic heterocycles. The summed E-state index contributed by atoms with van der Waals surface area (Å²) in [6.45, 7) is 8.31. The first-order valence-electron chi connectivity index (χ1n) is 10.1. The zero-order chi connectivity index (χ0) is 21.4. The van der Waals surface area contributed by atoms with Gasteiger partial charge in [0, 0.05) is 13.6 Å². The van der Waals surface area contributed by atoms with Gasteiger partial charge in [0.15, 0.2) is 6.61 Å². The summed E-state index contributed by atoms with van der Waals surface area (Å²) in [4.78, 5) is 27.1. The Morgan fingerprint density at radius 2 is 1.79 bits per heavy atom. The molecular weight excluding hydrogens is 364 g/mol. The highest BCUT2D eigenvalue weighted by Crippen LogP contribution is 2.23. The van der Waals surface area contributed by atoms with Gasteiger partial charge in [0.2, 0.25) is 5.91 Å². The first-order valence-corrected chi connectivity index (χ1v) is 10.1. The van der Waals surface area contributed by atoms with Crippen molar-refractivity contribution in [1.82, 2.24) is 10.2 Å². The average Bonchev–Trinajstić information content (AvgIpc) is 2.72. The summed E-state index contributed by atoms with van der Waals surface area (Å²) >= 11 is 0. The average molecular weight is 397 g/mol. The van der Waals surface area contributed by atoms with Crippen molar-refractivity contribution < 1.29 is 14.3 Å². The minimum atomic E-state index is -0.514. The zero-order valence-electron chi connectivity index (χ0n) is 18.1. The van der Waals surface area contributed by atoms with Gasteiger partial charge in [0.05, 0.1) is 0 Å². The minimum absolute atomic E-state index is 0.0913. The molecule has 2 aromatic carbocycles. The number of rotatable bonds is 9. The maximum Gasteiger partial charge on any atom is 0.261 e. The van der Waals surface area contributed by atoms with Gasteiger partial charge in [-0.25, -0.2) is 0 Å². The molecule has 0 aliphatic heterocycles. The Hall–Kier alpha value is -2.82. The lowest BCUT2D eigenvalue weighted by molar-refractivity contribution is -0.142. The van der Waals surface area contributed by atoms with E-state index in [4.69, 9.17) is 4.74 Å². The number of carbonyl (C=O) groups is 2. The fourth-order valence-electron chi connectivity index (χ4n) is 3.44. The van der Waals surface area contributed by atoms with Crippen LogP contribution < -0.4 is 10.1 Å². The molecular formula is C24H32N2O3. The zero-order valence-corrected chi connectivity index (χ0v) is 18.1. The van der Waals surface area contributed by atoms with Crippen LogP contribution in [0.5, 0.6) is 5.75 Å². The van der Waals surface area contributed by atoms with E-state index in [-0.39, 0.29) is 18.4 Å². The Bertz CT molecular complexity index is 834. The second kappa shape index (κ2) is 10.6. The molecule has 5 heteroatoms. The van der Waals surface area contributed by atoms with Crippen LogP contribution in [0.4, 0.5) is 0 Å². The Morgan fingerprint density at radius 3 is 2.41 bits per heavy atom. The Morgan fingerprint density at radius 1 is 1.10 bits per heavy atom. The van der Waals surface area contributed by atoms with E-state index in [1.165, 1.54) is 0 Å². The SMILES string of the molecule is CC[C@@H](C(=O)NC)N(CCc1ccccc1)C(=O)COc1cc(C)cc(C)c1C. The fourth-order valence-corrected chi connectivity index (χ4v) is 3.44. The topological polar surface area (TPSA) is 58.6 Å². The highest BCUT2D eigenvalue weighted by molar-refractivity contribution is 5.88. The number of nitrogens with zero attached hydrogens (tertiary/aromatic N) is 1. The van der Waals surface area contributed by atoms with Gasteiger partial charge in [-0.15, -0.1) is 0 Å². The summed E-state index contributed by atoms with van der Waals surface area (Å²) in [5, 5.41) is 2.67. The van der Waals surface area contributed by atoms with Crippen LogP contribution in [0.3, 0.4) is 0 Å². The number of amides is 2. The fraction of sp³-hybridized carbons (Fsp3) is 0.417. The Kier molecular flexibility index (Phi) is 8.25. The third kappa shape index (κ3) is 6.08. The normalized spacial score (nSPS) is 11.6. The van der Waals surface area contributed by atoms with E-state index in [0.29, 0.717) is 25.1 Å². The lowest BCUT2D eigenvalue weighted by Crippen LogP contribution is -2.50. The third-order valence-electron chi connectivity index (χ3n) is 5.23. The van der Waals surface area contributed by atoms with Crippen LogP contribution in [0.1, 0.15) is 35.6 Å². The van der Waals surface area contributed by atoms with Gasteiger partial charge in [-0.05, 0) is 61.9 Å². The quantitative estimate of drug-likeness (QED) is 0.705. The molecule has 5 nitrogen and oxygen atoms in total. The molecule has 0 radical (unpaired) electrons. The van der Waals surface area contributed by atoms with Crippen LogP contribution in [0.2, 0.25) is 0 Å². The van der Waals surface area contributed by atoms with E-state index in [9.17, 15) is 9.59 Å². The van der Waals surface area contributed by atoms with Crippen molar-refractivity contribution in [3.63, 3.8) is 0 Å². The summed E-state index contributed by atoms with van der Waals surface area (Å²) < 4.78 is 5.88. The van der Waals surface area contributed by atoms with E-state index >= 15 is 0 Å². The molecule has 0 aliphatic carbocycles. The molecule has 2 amide bonds. The predicted octanol–water partition coefficient (Wildman–Crippen LogP) is 3.59. The lowest BCUT2D eigenvalue weighted by Gasteiger charge is -2.30. The second-order valence-corrected chi connectivity index (χ2v) is 7.35. The summed E-state index contributed by atoms with van der Waals surface area (Å²) in [7, 11) is 1.60. The predicted molar refractivity (Wildman–Crippen MR) is 116 cm³/mol. The third-order valence-corrected chi connectivity index (χ3v) is 5.23. The van der Waals surface area contributed by atoms with Gasteiger partial charge in [-0.2, -0.15) is 0 Å². The van der Waals surface area contributed by atoms with Crippen LogP contribution in [0.15, 0.2) is 42.5 Å². The van der Waals surface area contributed by atoms with E-state index in [2.05, 4.69) is 11.4 Å². The van der Waals surface area contributed by atoms with Crippen molar-refractivity contribution >= 4 is 11.8 Å². The highest BCUT2D eigenvalue weighted by Gasteiger charge is 2.28. The van der Waals surface area contributed by atoms with Crippen molar-refractivity contribution in [1.29, 1.82) is 0 Å². The molecule has 156 valence electrons. The molecule has 0 fully saturated rings.